The van der Waals surface area contributed by atoms with Crippen LogP contribution < -0.4 is 10.2 Å². The number of aromatic nitrogens is 1. The zero-order chi connectivity index (χ0) is 17.9. The third kappa shape index (κ3) is 3.94. The van der Waals surface area contributed by atoms with Gasteiger partial charge in [0.1, 0.15) is 6.04 Å². The molecule has 2 aromatic rings. The molecule has 0 spiro atoms. The van der Waals surface area contributed by atoms with Gasteiger partial charge in [0.05, 0.1) is 16.8 Å². The minimum absolute atomic E-state index is 0.228. The van der Waals surface area contributed by atoms with E-state index in [4.69, 9.17) is 4.98 Å². The average molecular weight is 373 g/mol. The highest BCUT2D eigenvalue weighted by Crippen LogP contribution is 2.28. The molecule has 26 heavy (non-hydrogen) atoms. The average Bonchev–Trinajstić information content (AvgIpc) is 3.08. The minimum Gasteiger partial charge on any atom is -0.348 e. The summed E-state index contributed by atoms with van der Waals surface area (Å²) in [6.07, 6.45) is 8.54. The summed E-state index contributed by atoms with van der Waals surface area (Å²) in [5, 5.41) is 4.55. The third-order valence-electron chi connectivity index (χ3n) is 6.19. The van der Waals surface area contributed by atoms with E-state index in [1.54, 1.807) is 0 Å². The molecule has 0 bridgehead atoms. The Morgan fingerprint density at radius 2 is 2.00 bits per heavy atom. The molecule has 5 heteroatoms. The van der Waals surface area contributed by atoms with E-state index in [9.17, 15) is 4.79 Å². The fraction of sp³-hybridized carbons (Fsp3) is 0.619. The Balaban J connectivity index is 1.44. The molecule has 1 saturated heterocycles. The van der Waals surface area contributed by atoms with Crippen molar-refractivity contribution in [3.05, 3.63) is 29.3 Å². The number of carbonyl (C=O) groups excluding carboxylic acids is 1. The predicted molar refractivity (Wildman–Crippen MR) is 106 cm³/mol. The third-order valence-corrected chi connectivity index (χ3v) is 7.34. The van der Waals surface area contributed by atoms with Crippen molar-refractivity contribution in [2.45, 2.75) is 64.0 Å². The summed E-state index contributed by atoms with van der Waals surface area (Å²) in [5.74, 6) is 0.843. The second-order valence-corrected chi connectivity index (χ2v) is 9.15. The molecule has 140 valence electrons. The molecule has 1 aliphatic heterocycles. The summed E-state index contributed by atoms with van der Waals surface area (Å²) in [6.45, 7) is 3.94. The summed E-state index contributed by atoms with van der Waals surface area (Å²) >= 11 is 1.81. The summed E-state index contributed by atoms with van der Waals surface area (Å²) < 4.78 is 1.26. The largest absolute Gasteiger partial charge is 0.348 e. The van der Waals surface area contributed by atoms with Gasteiger partial charge in [0.15, 0.2) is 11.6 Å². The van der Waals surface area contributed by atoms with E-state index in [0.717, 1.165) is 24.9 Å². The Bertz CT molecular complexity index is 726. The Morgan fingerprint density at radius 1 is 1.19 bits per heavy atom. The number of nitrogens with zero attached hydrogens (tertiary/aromatic N) is 1. The Kier molecular flexibility index (Phi) is 5.55. The molecule has 1 unspecified atom stereocenters. The van der Waals surface area contributed by atoms with Crippen LogP contribution >= 0.6 is 11.3 Å². The molecule has 2 fully saturated rings. The number of piperidine rings is 1. The number of benzene rings is 1. The fourth-order valence-electron chi connectivity index (χ4n) is 4.62. The predicted octanol–water partition coefficient (Wildman–Crippen LogP) is 3.10. The van der Waals surface area contributed by atoms with Crippen LogP contribution in [0.1, 0.15) is 62.9 Å². The highest BCUT2D eigenvalue weighted by Gasteiger charge is 2.33. The molecule has 2 N–H and O–H groups in total. The van der Waals surface area contributed by atoms with Crippen molar-refractivity contribution in [1.82, 2.24) is 10.3 Å². The lowest BCUT2D eigenvalue weighted by atomic mass is 9.86. The Hall–Kier alpha value is -1.46. The number of rotatable bonds is 4. The number of nitrogens with one attached hydrogen (secondary N) is 2. The van der Waals surface area contributed by atoms with E-state index in [2.05, 4.69) is 36.5 Å². The van der Waals surface area contributed by atoms with E-state index >= 15 is 0 Å². The molecule has 4 atom stereocenters. The number of hydrogen-bond acceptors (Lipinski definition) is 3. The lowest BCUT2D eigenvalue weighted by Crippen LogP contribution is -3.14. The molecule has 1 aliphatic carbocycles. The maximum Gasteiger partial charge on any atom is 0.275 e. The van der Waals surface area contributed by atoms with Crippen LogP contribution in [0.25, 0.3) is 10.2 Å². The maximum absolute atomic E-state index is 12.7. The summed E-state index contributed by atoms with van der Waals surface area (Å²) in [4.78, 5) is 19.0. The van der Waals surface area contributed by atoms with Crippen LogP contribution in [0.3, 0.4) is 0 Å². The van der Waals surface area contributed by atoms with Crippen LogP contribution in [-0.4, -0.2) is 30.0 Å². The first-order chi connectivity index (χ1) is 12.7. The molecule has 4 rings (SSSR count). The van der Waals surface area contributed by atoms with Crippen molar-refractivity contribution in [1.29, 1.82) is 0 Å². The van der Waals surface area contributed by atoms with Crippen LogP contribution in [0.15, 0.2) is 24.3 Å². The van der Waals surface area contributed by atoms with Crippen molar-refractivity contribution in [2.75, 3.05) is 13.1 Å². The lowest BCUT2D eigenvalue weighted by molar-refractivity contribution is -0.929. The first-order valence-corrected chi connectivity index (χ1v) is 11.0. The summed E-state index contributed by atoms with van der Waals surface area (Å²) in [7, 11) is 0. The van der Waals surface area contributed by atoms with Crippen LogP contribution in [0.2, 0.25) is 0 Å². The molecule has 2 aliphatic rings. The Labute approximate surface area is 160 Å². The van der Waals surface area contributed by atoms with Gasteiger partial charge in [0.2, 0.25) is 0 Å². The second kappa shape index (κ2) is 8.05. The minimum atomic E-state index is 0.228. The van der Waals surface area contributed by atoms with Gasteiger partial charge in [-0.05, 0) is 43.7 Å². The number of amides is 1. The maximum atomic E-state index is 12.7. The summed E-state index contributed by atoms with van der Waals surface area (Å²) in [6, 6.07) is 9.12. The molecule has 1 aromatic heterocycles. The molecule has 1 aromatic carbocycles. The quantitative estimate of drug-likeness (QED) is 0.866. The van der Waals surface area contributed by atoms with Crippen molar-refractivity contribution in [3.8, 4) is 0 Å². The zero-order valence-electron chi connectivity index (χ0n) is 15.7. The number of quaternary nitrogens is 1. The van der Waals surface area contributed by atoms with Gasteiger partial charge in [-0.15, -0.1) is 11.3 Å². The van der Waals surface area contributed by atoms with E-state index in [1.165, 1.54) is 46.7 Å². The van der Waals surface area contributed by atoms with Crippen LogP contribution in [0.5, 0.6) is 0 Å². The molecule has 4 nitrogen and oxygen atoms in total. The SMILES string of the molecule is C[C@@H]1CCCC[C@H]1NC(=O)C[NH+]1CCCC[C@@H]1c1nc2ccccc2s1. The molecule has 2 heterocycles. The van der Waals surface area contributed by atoms with Gasteiger partial charge in [-0.1, -0.05) is 31.9 Å². The second-order valence-electron chi connectivity index (χ2n) is 8.09. The standard InChI is InChI=1S/C21H29N3OS/c1-15-8-2-3-9-16(15)22-20(25)14-24-13-7-6-11-18(24)21-23-17-10-4-5-12-19(17)26-21/h4-5,10,12,15-16,18H,2-3,6-9,11,13-14H2,1H3,(H,22,25)/p+1/t15-,16-,18-/m1/s1. The number of fused-ring (bicyclic) bond motifs is 1. The molecule has 1 saturated carbocycles. The normalized spacial score (nSPS) is 29.6. The fourth-order valence-corrected chi connectivity index (χ4v) is 5.78. The van der Waals surface area contributed by atoms with E-state index in [-0.39, 0.29) is 5.91 Å². The van der Waals surface area contributed by atoms with Gasteiger partial charge < -0.3 is 10.2 Å². The van der Waals surface area contributed by atoms with Gasteiger partial charge in [0, 0.05) is 12.5 Å². The van der Waals surface area contributed by atoms with Crippen molar-refractivity contribution >= 4 is 27.5 Å². The number of thiazole rings is 1. The van der Waals surface area contributed by atoms with Gasteiger partial charge in [0.25, 0.3) is 5.91 Å². The monoisotopic (exact) mass is 372 g/mol. The number of carbonyl (C=O) groups is 1. The highest BCUT2D eigenvalue weighted by atomic mass is 32.1. The van der Waals surface area contributed by atoms with E-state index < -0.39 is 0 Å². The van der Waals surface area contributed by atoms with Crippen molar-refractivity contribution < 1.29 is 9.69 Å². The smallest absolute Gasteiger partial charge is 0.275 e. The van der Waals surface area contributed by atoms with Crippen molar-refractivity contribution in [2.24, 2.45) is 5.92 Å². The number of likely N-dealkylation sites (tertiary alicyclic amines) is 1. The zero-order valence-corrected chi connectivity index (χ0v) is 16.5. The van der Waals surface area contributed by atoms with Crippen LogP contribution in [0, 0.1) is 5.92 Å². The molecule has 0 radical (unpaired) electrons. The van der Waals surface area contributed by atoms with Gasteiger partial charge in [-0.3, -0.25) is 4.79 Å². The van der Waals surface area contributed by atoms with Gasteiger partial charge >= 0.3 is 0 Å². The number of hydrogen-bond donors (Lipinski definition) is 2. The van der Waals surface area contributed by atoms with Crippen LogP contribution in [0.4, 0.5) is 0 Å². The number of para-hydroxylation sites is 1. The molecule has 1 amide bonds. The Morgan fingerprint density at radius 3 is 2.85 bits per heavy atom. The van der Waals surface area contributed by atoms with Gasteiger partial charge in [-0.25, -0.2) is 4.98 Å². The highest BCUT2D eigenvalue weighted by molar-refractivity contribution is 7.18. The van der Waals surface area contributed by atoms with E-state index in [0.29, 0.717) is 24.5 Å². The first kappa shape index (κ1) is 17.9. The first-order valence-electron chi connectivity index (χ1n) is 10.2. The van der Waals surface area contributed by atoms with E-state index in [1.807, 2.05) is 11.3 Å². The molecular formula is C21H30N3OS+. The lowest BCUT2D eigenvalue weighted by Gasteiger charge is -2.33. The summed E-state index contributed by atoms with van der Waals surface area (Å²) in [5.41, 5.74) is 1.10. The van der Waals surface area contributed by atoms with Crippen molar-refractivity contribution in [3.63, 3.8) is 0 Å². The van der Waals surface area contributed by atoms with Gasteiger partial charge in [-0.2, -0.15) is 0 Å². The molecular weight excluding hydrogens is 342 g/mol. The topological polar surface area (TPSA) is 46.4 Å². The van der Waals surface area contributed by atoms with Crippen LogP contribution in [-0.2, 0) is 4.79 Å².